The Morgan fingerprint density at radius 1 is 0.895 bits per heavy atom. The first-order chi connectivity index (χ1) is 27.6. The Labute approximate surface area is 332 Å². The van der Waals surface area contributed by atoms with Gasteiger partial charge in [0.1, 0.15) is 12.4 Å². The Kier molecular flexibility index (Phi) is 11.5. The first kappa shape index (κ1) is 39.0. The second kappa shape index (κ2) is 16.8. The third-order valence-corrected chi connectivity index (χ3v) is 10.3. The molecule has 8 rings (SSSR count). The maximum atomic E-state index is 13.5. The fourth-order valence-corrected chi connectivity index (χ4v) is 7.57. The summed E-state index contributed by atoms with van der Waals surface area (Å²) < 4.78 is 23.8. The summed E-state index contributed by atoms with van der Waals surface area (Å²) in [6.07, 6.45) is 3.39. The number of nitrogens with zero attached hydrogens (tertiary/aromatic N) is 5. The molecule has 5 aromatic rings. The van der Waals surface area contributed by atoms with Crippen LogP contribution in [-0.2, 0) is 30.8 Å². The predicted octanol–water partition coefficient (Wildman–Crippen LogP) is 7.74. The second-order valence-electron chi connectivity index (χ2n) is 13.7. The lowest BCUT2D eigenvalue weighted by molar-refractivity contribution is -0.385. The second-order valence-corrected chi connectivity index (χ2v) is 14.5. The number of aliphatic imine (C=N–C) groups is 1. The molecule has 14 heteroatoms. The van der Waals surface area contributed by atoms with Crippen LogP contribution in [-0.4, -0.2) is 63.9 Å². The molecule has 2 atom stereocenters. The number of nitro groups is 1. The Morgan fingerprint density at radius 3 is 2.32 bits per heavy atom. The SMILES string of the molecule is COCc1cc(COc2cc3c(cc2OC)C(=O)N2c4ccccc4CC2C=N3)cc([N+](=O)[O-])c1.COc1ccc(N(C)P)c(C(=O)N2CCc3ccccc32)c1. The lowest BCUT2D eigenvalue weighted by Crippen LogP contribution is -2.37. The average molecular weight is 788 g/mol. The van der Waals surface area contributed by atoms with Crippen LogP contribution in [0.3, 0.4) is 0 Å². The van der Waals surface area contributed by atoms with Gasteiger partial charge >= 0.3 is 0 Å². The van der Waals surface area contributed by atoms with Crippen LogP contribution in [0.1, 0.15) is 43.0 Å². The topological polar surface area (TPSA) is 136 Å². The molecule has 2 unspecified atom stereocenters. The van der Waals surface area contributed by atoms with Crippen LogP contribution in [0.15, 0.2) is 102 Å². The maximum Gasteiger partial charge on any atom is 0.270 e. The van der Waals surface area contributed by atoms with Crippen molar-refractivity contribution in [3.63, 3.8) is 0 Å². The van der Waals surface area contributed by atoms with Crippen molar-refractivity contribution in [1.29, 1.82) is 0 Å². The molecule has 0 radical (unpaired) electrons. The highest BCUT2D eigenvalue weighted by Gasteiger charge is 2.36. The normalized spacial score (nSPS) is 14.7. The van der Waals surface area contributed by atoms with Crippen LogP contribution < -0.4 is 28.7 Å². The number of ether oxygens (including phenoxy) is 4. The fourth-order valence-electron chi connectivity index (χ4n) is 7.35. The van der Waals surface area contributed by atoms with E-state index < -0.39 is 4.92 Å². The number of hydrogen-bond donors (Lipinski definition) is 0. The van der Waals surface area contributed by atoms with Gasteiger partial charge in [0, 0.05) is 62.9 Å². The third-order valence-electron chi connectivity index (χ3n) is 10.0. The number of non-ortho nitro benzene ring substituents is 1. The minimum atomic E-state index is -0.448. The molecule has 0 saturated carbocycles. The predicted molar refractivity (Wildman–Crippen MR) is 223 cm³/mol. The summed E-state index contributed by atoms with van der Waals surface area (Å²) in [7, 11) is 9.13. The molecule has 292 valence electrons. The number of para-hydroxylation sites is 2. The standard InChI is InChI=1S/C26H23N3O6.C17H19N2O2P/c1-33-14-16-7-17(9-19(8-16)29(31)32)15-35-25-12-22-21(11-24(25)34-2)26(30)28-20(13-27-22)10-18-5-3-4-6-23(18)28;1-18(22)16-8-7-13(21-2)11-14(16)17(20)19-10-9-12-5-3-4-6-15(12)19/h3-9,11-13,20H,10,14-15H2,1-2H3;3-8,11H,9-10,22H2,1-2H3. The van der Waals surface area contributed by atoms with Crippen molar-refractivity contribution in [3.8, 4) is 17.2 Å². The summed E-state index contributed by atoms with van der Waals surface area (Å²) in [4.78, 5) is 45.6. The van der Waals surface area contributed by atoms with E-state index in [1.807, 2.05) is 71.2 Å². The van der Waals surface area contributed by atoms with Crippen LogP contribution in [0.2, 0.25) is 0 Å². The molecule has 0 N–H and O–H groups in total. The van der Waals surface area contributed by atoms with E-state index in [4.69, 9.17) is 18.9 Å². The number of amides is 2. The van der Waals surface area contributed by atoms with E-state index >= 15 is 0 Å². The molecular weight excluding hydrogens is 745 g/mol. The zero-order valence-electron chi connectivity index (χ0n) is 32.0. The monoisotopic (exact) mass is 787 g/mol. The van der Waals surface area contributed by atoms with E-state index in [1.54, 1.807) is 42.5 Å². The van der Waals surface area contributed by atoms with Gasteiger partial charge in [0.05, 0.1) is 54.3 Å². The average Bonchev–Trinajstić information content (AvgIpc) is 3.80. The van der Waals surface area contributed by atoms with Gasteiger partial charge in [-0.3, -0.25) is 29.6 Å². The molecule has 3 heterocycles. The lowest BCUT2D eigenvalue weighted by Gasteiger charge is -2.22. The van der Waals surface area contributed by atoms with Gasteiger partial charge in [0.2, 0.25) is 0 Å². The Hall–Kier alpha value is -6.30. The van der Waals surface area contributed by atoms with Crippen LogP contribution in [0, 0.1) is 10.1 Å². The van der Waals surface area contributed by atoms with Gasteiger partial charge in [0.15, 0.2) is 11.5 Å². The highest BCUT2D eigenvalue weighted by atomic mass is 31.0. The Bertz CT molecular complexity index is 2380. The number of fused-ring (bicyclic) bond motifs is 5. The molecule has 0 aliphatic carbocycles. The Balaban J connectivity index is 0.000000194. The van der Waals surface area contributed by atoms with Crippen LogP contribution in [0.4, 0.5) is 28.4 Å². The number of nitro benzene ring substituents is 1. The molecule has 0 saturated heterocycles. The van der Waals surface area contributed by atoms with Gasteiger partial charge in [-0.2, -0.15) is 0 Å². The van der Waals surface area contributed by atoms with Gasteiger partial charge in [-0.15, -0.1) is 0 Å². The highest BCUT2D eigenvalue weighted by Crippen LogP contribution is 2.41. The first-order valence-electron chi connectivity index (χ1n) is 18.2. The Morgan fingerprint density at radius 2 is 1.61 bits per heavy atom. The minimum absolute atomic E-state index is 0.00755. The van der Waals surface area contributed by atoms with Crippen molar-refractivity contribution in [1.82, 2.24) is 0 Å². The van der Waals surface area contributed by atoms with Crippen molar-refractivity contribution in [3.05, 3.63) is 141 Å². The summed E-state index contributed by atoms with van der Waals surface area (Å²) in [5, 5.41) is 11.3. The lowest BCUT2D eigenvalue weighted by atomic mass is 10.1. The van der Waals surface area contributed by atoms with E-state index in [2.05, 4.69) is 20.4 Å². The number of carbonyl (C=O) groups excluding carboxylic acids is 2. The minimum Gasteiger partial charge on any atom is -0.497 e. The smallest absolute Gasteiger partial charge is 0.270 e. The number of carbonyl (C=O) groups is 2. The molecule has 0 fully saturated rings. The van der Waals surface area contributed by atoms with Gasteiger partial charge in [-0.25, -0.2) is 0 Å². The molecule has 57 heavy (non-hydrogen) atoms. The number of hydrogen-bond acceptors (Lipinski definition) is 10. The van der Waals surface area contributed by atoms with Crippen molar-refractivity contribution >= 4 is 55.9 Å². The maximum absolute atomic E-state index is 13.5. The number of methoxy groups -OCH3 is 3. The van der Waals surface area contributed by atoms with E-state index in [0.717, 1.165) is 35.6 Å². The fraction of sp³-hybridized carbons (Fsp3) is 0.233. The molecular formula is C43H42N5O8P. The molecule has 3 aliphatic heterocycles. The van der Waals surface area contributed by atoms with Crippen molar-refractivity contribution < 1.29 is 33.5 Å². The summed E-state index contributed by atoms with van der Waals surface area (Å²) >= 11 is 0. The summed E-state index contributed by atoms with van der Waals surface area (Å²) in [5.41, 5.74) is 7.88. The summed E-state index contributed by atoms with van der Waals surface area (Å²) in [6, 6.07) is 29.4. The largest absolute Gasteiger partial charge is 0.497 e. The molecule has 0 aromatic heterocycles. The highest BCUT2D eigenvalue weighted by molar-refractivity contribution is 7.19. The van der Waals surface area contributed by atoms with Crippen LogP contribution in [0.5, 0.6) is 17.2 Å². The molecule has 0 bridgehead atoms. The zero-order valence-corrected chi connectivity index (χ0v) is 33.2. The summed E-state index contributed by atoms with van der Waals surface area (Å²) in [6.45, 7) is 1.02. The zero-order chi connectivity index (χ0) is 40.2. The van der Waals surface area contributed by atoms with Gasteiger partial charge < -0.3 is 28.5 Å². The number of anilines is 3. The molecule has 2 amide bonds. The number of rotatable bonds is 10. The van der Waals surface area contributed by atoms with Gasteiger partial charge in [-0.1, -0.05) is 36.4 Å². The quantitative estimate of drug-likeness (QED) is 0.0791. The molecule has 3 aliphatic rings. The molecule has 0 spiro atoms. The van der Waals surface area contributed by atoms with E-state index in [1.165, 1.54) is 31.9 Å². The summed E-state index contributed by atoms with van der Waals surface area (Å²) in [5.74, 6) is 1.30. The molecule has 5 aromatic carbocycles. The van der Waals surface area contributed by atoms with Crippen molar-refractivity contribution in [2.45, 2.75) is 32.1 Å². The third kappa shape index (κ3) is 8.03. The van der Waals surface area contributed by atoms with Crippen molar-refractivity contribution in [2.24, 2.45) is 4.99 Å². The van der Waals surface area contributed by atoms with E-state index in [0.29, 0.717) is 51.6 Å². The van der Waals surface area contributed by atoms with E-state index in [-0.39, 0.29) is 36.8 Å². The number of benzene rings is 5. The van der Waals surface area contributed by atoms with Crippen LogP contribution >= 0.6 is 9.39 Å². The van der Waals surface area contributed by atoms with Crippen LogP contribution in [0.25, 0.3) is 0 Å². The van der Waals surface area contributed by atoms with Crippen molar-refractivity contribution in [2.75, 3.05) is 49.4 Å². The van der Waals surface area contributed by atoms with Gasteiger partial charge in [0.25, 0.3) is 17.5 Å². The van der Waals surface area contributed by atoms with E-state index in [9.17, 15) is 19.7 Å². The molecule has 13 nitrogen and oxygen atoms in total. The van der Waals surface area contributed by atoms with Gasteiger partial charge in [-0.05, 0) is 80.5 Å². The first-order valence-corrected chi connectivity index (χ1v) is 18.7.